The Kier molecular flexibility index (Phi) is 4.52. The number of halogens is 2. The first-order valence-electron chi connectivity index (χ1n) is 5.65. The van der Waals surface area contributed by atoms with Crippen molar-refractivity contribution in [3.05, 3.63) is 51.5 Å². The number of benzene rings is 2. The van der Waals surface area contributed by atoms with E-state index in [-0.39, 0.29) is 11.7 Å². The zero-order valence-electron chi connectivity index (χ0n) is 10.5. The molecule has 0 unspecified atom stereocenters. The Hall–Kier alpha value is -1.72. The van der Waals surface area contributed by atoms with E-state index >= 15 is 0 Å². The van der Waals surface area contributed by atoms with Crippen LogP contribution in [0.5, 0.6) is 11.5 Å². The van der Waals surface area contributed by atoms with Gasteiger partial charge in [0.25, 0.3) is 5.91 Å². The molecule has 0 aliphatic heterocycles. The fourth-order valence-corrected chi connectivity index (χ4v) is 2.22. The van der Waals surface area contributed by atoms with Gasteiger partial charge in [-0.1, -0.05) is 17.7 Å². The first kappa shape index (κ1) is 14.7. The van der Waals surface area contributed by atoms with Crippen LogP contribution in [0.2, 0.25) is 5.02 Å². The quantitative estimate of drug-likeness (QED) is 0.871. The Bertz CT molecular complexity index is 661. The van der Waals surface area contributed by atoms with Crippen LogP contribution in [0, 0.1) is 0 Å². The summed E-state index contributed by atoms with van der Waals surface area (Å²) in [5, 5.41) is 12.7. The average molecular weight is 357 g/mol. The topological polar surface area (TPSA) is 58.6 Å². The van der Waals surface area contributed by atoms with Gasteiger partial charge in [-0.05, 0) is 40.2 Å². The number of phenolic OH excluding ortho intramolecular Hbond substituents is 1. The maximum atomic E-state index is 12.1. The number of rotatable bonds is 3. The second-order valence-electron chi connectivity index (χ2n) is 3.94. The molecule has 0 saturated heterocycles. The molecule has 0 aromatic heterocycles. The third kappa shape index (κ3) is 3.05. The molecule has 4 nitrogen and oxygen atoms in total. The number of methoxy groups -OCH3 is 1. The van der Waals surface area contributed by atoms with Crippen LogP contribution in [0.3, 0.4) is 0 Å². The lowest BCUT2D eigenvalue weighted by molar-refractivity contribution is 0.102. The van der Waals surface area contributed by atoms with Crippen LogP contribution in [0.1, 0.15) is 10.4 Å². The van der Waals surface area contributed by atoms with Crippen molar-refractivity contribution < 1.29 is 14.6 Å². The second kappa shape index (κ2) is 6.15. The van der Waals surface area contributed by atoms with Gasteiger partial charge in [0.05, 0.1) is 17.7 Å². The van der Waals surface area contributed by atoms with Crippen molar-refractivity contribution in [3.63, 3.8) is 0 Å². The average Bonchev–Trinajstić information content (AvgIpc) is 2.42. The SMILES string of the molecule is COc1ccc(NC(=O)c2cccc(Br)c2Cl)cc1O. The maximum absolute atomic E-state index is 12.1. The molecule has 6 heteroatoms. The lowest BCUT2D eigenvalue weighted by Crippen LogP contribution is -2.12. The van der Waals surface area contributed by atoms with Crippen molar-refractivity contribution in [2.24, 2.45) is 0 Å². The number of phenols is 1. The Balaban J connectivity index is 2.24. The van der Waals surface area contributed by atoms with Crippen LogP contribution in [0.15, 0.2) is 40.9 Å². The molecule has 2 aromatic rings. The van der Waals surface area contributed by atoms with E-state index in [1.54, 1.807) is 30.3 Å². The van der Waals surface area contributed by atoms with Gasteiger partial charge < -0.3 is 15.2 Å². The Morgan fingerprint density at radius 1 is 1.35 bits per heavy atom. The van der Waals surface area contributed by atoms with Gasteiger partial charge >= 0.3 is 0 Å². The number of ether oxygens (including phenoxy) is 1. The molecule has 0 atom stereocenters. The predicted octanol–water partition coefficient (Wildman–Crippen LogP) is 4.07. The Morgan fingerprint density at radius 2 is 2.10 bits per heavy atom. The molecule has 0 bridgehead atoms. The molecule has 20 heavy (non-hydrogen) atoms. The van der Waals surface area contributed by atoms with Gasteiger partial charge in [0.1, 0.15) is 0 Å². The van der Waals surface area contributed by atoms with E-state index in [9.17, 15) is 9.90 Å². The lowest BCUT2D eigenvalue weighted by atomic mass is 10.2. The molecule has 0 saturated carbocycles. The van der Waals surface area contributed by atoms with E-state index in [1.807, 2.05) is 0 Å². The minimum Gasteiger partial charge on any atom is -0.504 e. The molecule has 0 radical (unpaired) electrons. The molecule has 2 rings (SSSR count). The van der Waals surface area contributed by atoms with Crippen LogP contribution < -0.4 is 10.1 Å². The van der Waals surface area contributed by atoms with E-state index in [1.165, 1.54) is 13.2 Å². The number of carbonyl (C=O) groups excluding carboxylic acids is 1. The number of hydrogen-bond acceptors (Lipinski definition) is 3. The van der Waals surface area contributed by atoms with Crippen molar-refractivity contribution >= 4 is 39.1 Å². The van der Waals surface area contributed by atoms with Gasteiger partial charge in [0.2, 0.25) is 0 Å². The highest BCUT2D eigenvalue weighted by Gasteiger charge is 2.13. The summed E-state index contributed by atoms with van der Waals surface area (Å²) in [7, 11) is 1.45. The number of anilines is 1. The largest absolute Gasteiger partial charge is 0.504 e. The molecule has 0 aliphatic rings. The Morgan fingerprint density at radius 3 is 2.75 bits per heavy atom. The van der Waals surface area contributed by atoms with E-state index in [4.69, 9.17) is 16.3 Å². The summed E-state index contributed by atoms with van der Waals surface area (Å²) in [6.45, 7) is 0. The van der Waals surface area contributed by atoms with Gasteiger partial charge in [-0.2, -0.15) is 0 Å². The van der Waals surface area contributed by atoms with Gasteiger partial charge in [-0.25, -0.2) is 0 Å². The van der Waals surface area contributed by atoms with Crippen molar-refractivity contribution in [1.82, 2.24) is 0 Å². The first-order valence-corrected chi connectivity index (χ1v) is 6.82. The van der Waals surface area contributed by atoms with E-state index in [0.717, 1.165) is 0 Å². The van der Waals surface area contributed by atoms with Crippen molar-refractivity contribution in [1.29, 1.82) is 0 Å². The fourth-order valence-electron chi connectivity index (χ4n) is 1.65. The number of amides is 1. The highest BCUT2D eigenvalue weighted by molar-refractivity contribution is 9.10. The van der Waals surface area contributed by atoms with E-state index < -0.39 is 0 Å². The van der Waals surface area contributed by atoms with E-state index in [0.29, 0.717) is 26.5 Å². The number of aromatic hydroxyl groups is 1. The summed E-state index contributed by atoms with van der Waals surface area (Å²) in [4.78, 5) is 12.1. The van der Waals surface area contributed by atoms with Crippen LogP contribution in [0.25, 0.3) is 0 Å². The summed E-state index contributed by atoms with van der Waals surface area (Å²) < 4.78 is 5.58. The molecule has 104 valence electrons. The highest BCUT2D eigenvalue weighted by atomic mass is 79.9. The molecule has 2 N–H and O–H groups in total. The summed E-state index contributed by atoms with van der Waals surface area (Å²) in [6, 6.07) is 9.68. The predicted molar refractivity (Wildman–Crippen MR) is 81.8 cm³/mol. The highest BCUT2D eigenvalue weighted by Crippen LogP contribution is 2.30. The summed E-state index contributed by atoms with van der Waals surface area (Å²) in [5.74, 6) is -0.0741. The maximum Gasteiger partial charge on any atom is 0.257 e. The molecule has 0 spiro atoms. The third-order valence-corrected chi connectivity index (χ3v) is 3.93. The molecule has 0 aliphatic carbocycles. The summed E-state index contributed by atoms with van der Waals surface area (Å²) in [5.41, 5.74) is 0.792. The molecule has 0 fully saturated rings. The van der Waals surface area contributed by atoms with Crippen LogP contribution >= 0.6 is 27.5 Å². The number of nitrogens with one attached hydrogen (secondary N) is 1. The molecule has 2 aromatic carbocycles. The van der Waals surface area contributed by atoms with Gasteiger partial charge in [0.15, 0.2) is 11.5 Å². The van der Waals surface area contributed by atoms with Gasteiger partial charge in [-0.15, -0.1) is 0 Å². The minimum atomic E-state index is -0.360. The normalized spacial score (nSPS) is 10.2. The smallest absolute Gasteiger partial charge is 0.257 e. The van der Waals surface area contributed by atoms with Crippen molar-refractivity contribution in [2.75, 3.05) is 12.4 Å². The third-order valence-electron chi connectivity index (χ3n) is 2.63. The standard InChI is InChI=1S/C14H11BrClNO3/c1-20-12-6-5-8(7-11(12)18)17-14(19)9-3-2-4-10(15)13(9)16/h2-7,18H,1H3,(H,17,19). The minimum absolute atomic E-state index is 0.0503. The van der Waals surface area contributed by atoms with Crippen molar-refractivity contribution in [3.8, 4) is 11.5 Å². The molecular formula is C14H11BrClNO3. The van der Waals surface area contributed by atoms with Gasteiger partial charge in [0, 0.05) is 16.2 Å². The van der Waals surface area contributed by atoms with Crippen LogP contribution in [-0.4, -0.2) is 18.1 Å². The van der Waals surface area contributed by atoms with Crippen molar-refractivity contribution in [2.45, 2.75) is 0 Å². The number of hydrogen-bond donors (Lipinski definition) is 2. The van der Waals surface area contributed by atoms with Crippen LogP contribution in [-0.2, 0) is 0 Å². The molecular weight excluding hydrogens is 346 g/mol. The van der Waals surface area contributed by atoms with E-state index in [2.05, 4.69) is 21.2 Å². The van der Waals surface area contributed by atoms with Gasteiger partial charge in [-0.3, -0.25) is 4.79 Å². The Labute approximate surface area is 129 Å². The monoisotopic (exact) mass is 355 g/mol. The first-order chi connectivity index (χ1) is 9.52. The zero-order chi connectivity index (χ0) is 14.7. The number of carbonyl (C=O) groups is 1. The second-order valence-corrected chi connectivity index (χ2v) is 5.17. The molecule has 1 amide bonds. The lowest BCUT2D eigenvalue weighted by Gasteiger charge is -2.09. The zero-order valence-corrected chi connectivity index (χ0v) is 12.8. The van der Waals surface area contributed by atoms with Crippen LogP contribution in [0.4, 0.5) is 5.69 Å². The molecule has 0 heterocycles. The summed E-state index contributed by atoms with van der Waals surface area (Å²) >= 11 is 9.32. The summed E-state index contributed by atoms with van der Waals surface area (Å²) in [6.07, 6.45) is 0. The fraction of sp³-hybridized carbons (Fsp3) is 0.0714.